The molecule has 3 aromatic rings. The van der Waals surface area contributed by atoms with E-state index in [0.29, 0.717) is 17.8 Å². The maximum atomic E-state index is 12.0. The standard InChI is InChI=1S/C21H21N5O4/c1-3-25(17-11-6-5-7-12-17)20-18(26(28)29)19(22-14-23-20)24-16-10-8-9-15(13-16)21(27)30-4-2/h5-14H,3-4H2,1-2H3,(H,22,23,24). The third-order valence-electron chi connectivity index (χ3n) is 4.26. The number of anilines is 4. The first-order chi connectivity index (χ1) is 14.5. The van der Waals surface area contributed by atoms with Gasteiger partial charge in [0.25, 0.3) is 0 Å². The van der Waals surface area contributed by atoms with Crippen LogP contribution >= 0.6 is 0 Å². The SMILES string of the molecule is CCOC(=O)c1cccc(Nc2ncnc(N(CC)c3ccccc3)c2[N+](=O)[O-])c1. The van der Waals surface area contributed by atoms with Gasteiger partial charge in [0, 0.05) is 17.9 Å². The fourth-order valence-corrected chi connectivity index (χ4v) is 2.96. The number of aromatic nitrogens is 2. The minimum atomic E-state index is -0.515. The van der Waals surface area contributed by atoms with Crippen molar-refractivity contribution in [1.29, 1.82) is 0 Å². The molecule has 9 nitrogen and oxygen atoms in total. The number of hydrogen-bond acceptors (Lipinski definition) is 8. The van der Waals surface area contributed by atoms with Gasteiger partial charge in [-0.1, -0.05) is 24.3 Å². The lowest BCUT2D eigenvalue weighted by Crippen LogP contribution is -2.19. The average molecular weight is 407 g/mol. The molecule has 154 valence electrons. The molecule has 0 saturated carbocycles. The molecule has 0 radical (unpaired) electrons. The van der Waals surface area contributed by atoms with Gasteiger partial charge in [-0.2, -0.15) is 0 Å². The molecule has 9 heteroatoms. The van der Waals surface area contributed by atoms with Crippen LogP contribution in [0.25, 0.3) is 0 Å². The molecule has 0 unspecified atom stereocenters. The monoisotopic (exact) mass is 407 g/mol. The molecule has 30 heavy (non-hydrogen) atoms. The van der Waals surface area contributed by atoms with E-state index >= 15 is 0 Å². The van der Waals surface area contributed by atoms with E-state index in [1.807, 2.05) is 37.3 Å². The highest BCUT2D eigenvalue weighted by Gasteiger charge is 2.27. The fraction of sp³-hybridized carbons (Fsp3) is 0.190. The van der Waals surface area contributed by atoms with Crippen LogP contribution in [0.2, 0.25) is 0 Å². The van der Waals surface area contributed by atoms with E-state index in [9.17, 15) is 14.9 Å². The molecule has 2 aromatic carbocycles. The number of para-hydroxylation sites is 1. The largest absolute Gasteiger partial charge is 0.462 e. The zero-order valence-corrected chi connectivity index (χ0v) is 16.6. The summed E-state index contributed by atoms with van der Waals surface area (Å²) in [7, 11) is 0. The summed E-state index contributed by atoms with van der Waals surface area (Å²) < 4.78 is 5.00. The molecule has 0 atom stereocenters. The maximum Gasteiger partial charge on any atom is 0.354 e. The van der Waals surface area contributed by atoms with Gasteiger partial charge in [0.05, 0.1) is 17.1 Å². The van der Waals surface area contributed by atoms with E-state index in [-0.39, 0.29) is 23.9 Å². The van der Waals surface area contributed by atoms with Crippen molar-refractivity contribution in [3.8, 4) is 0 Å². The Morgan fingerprint density at radius 1 is 1.13 bits per heavy atom. The van der Waals surface area contributed by atoms with Crippen molar-refractivity contribution in [2.45, 2.75) is 13.8 Å². The second-order valence-electron chi connectivity index (χ2n) is 6.16. The summed E-state index contributed by atoms with van der Waals surface area (Å²) in [5, 5.41) is 14.9. The average Bonchev–Trinajstić information content (AvgIpc) is 2.75. The van der Waals surface area contributed by atoms with Gasteiger partial charge in [-0.15, -0.1) is 0 Å². The van der Waals surface area contributed by atoms with E-state index in [2.05, 4.69) is 15.3 Å². The molecule has 0 aliphatic heterocycles. The zero-order chi connectivity index (χ0) is 21.5. The maximum absolute atomic E-state index is 12.0. The van der Waals surface area contributed by atoms with Crippen LogP contribution < -0.4 is 10.2 Å². The van der Waals surface area contributed by atoms with Gasteiger partial charge in [-0.25, -0.2) is 14.8 Å². The highest BCUT2D eigenvalue weighted by Crippen LogP contribution is 2.36. The first-order valence-corrected chi connectivity index (χ1v) is 9.41. The van der Waals surface area contributed by atoms with Crippen molar-refractivity contribution in [2.24, 2.45) is 0 Å². The molecule has 1 aromatic heterocycles. The summed E-state index contributed by atoms with van der Waals surface area (Å²) in [5.74, 6) is -0.270. The second kappa shape index (κ2) is 9.46. The Labute approximate surface area is 173 Å². The molecule has 0 amide bonds. The highest BCUT2D eigenvalue weighted by atomic mass is 16.6. The van der Waals surface area contributed by atoms with Crippen molar-refractivity contribution in [3.63, 3.8) is 0 Å². The van der Waals surface area contributed by atoms with Gasteiger partial charge in [0.1, 0.15) is 6.33 Å². The number of hydrogen-bond donors (Lipinski definition) is 1. The predicted molar refractivity (Wildman–Crippen MR) is 113 cm³/mol. The summed E-state index contributed by atoms with van der Waals surface area (Å²) in [5.41, 5.74) is 1.32. The topological polar surface area (TPSA) is 110 Å². The van der Waals surface area contributed by atoms with Crippen molar-refractivity contribution >= 4 is 34.7 Å². The normalized spacial score (nSPS) is 10.3. The molecular weight excluding hydrogens is 386 g/mol. The number of rotatable bonds is 8. The number of nitrogens with one attached hydrogen (secondary N) is 1. The zero-order valence-electron chi connectivity index (χ0n) is 16.6. The van der Waals surface area contributed by atoms with E-state index in [1.165, 1.54) is 6.33 Å². The van der Waals surface area contributed by atoms with Crippen LogP contribution in [-0.2, 0) is 4.74 Å². The Balaban J connectivity index is 2.01. The molecular formula is C21H21N5O4. The van der Waals surface area contributed by atoms with Gasteiger partial charge in [0.15, 0.2) is 0 Å². The molecule has 0 saturated heterocycles. The van der Waals surface area contributed by atoms with Gasteiger partial charge in [-0.3, -0.25) is 10.1 Å². The Kier molecular flexibility index (Phi) is 6.53. The number of ether oxygens (including phenoxy) is 1. The van der Waals surface area contributed by atoms with E-state index in [1.54, 1.807) is 36.1 Å². The summed E-state index contributed by atoms with van der Waals surface area (Å²) in [6, 6.07) is 15.8. The van der Waals surface area contributed by atoms with Crippen LogP contribution in [0.15, 0.2) is 60.9 Å². The minimum absolute atomic E-state index is 0.0281. The number of nitro groups is 1. The van der Waals surface area contributed by atoms with Gasteiger partial charge < -0.3 is 15.0 Å². The third-order valence-corrected chi connectivity index (χ3v) is 4.26. The van der Waals surface area contributed by atoms with Crippen molar-refractivity contribution < 1.29 is 14.5 Å². The van der Waals surface area contributed by atoms with Gasteiger partial charge in [0.2, 0.25) is 11.6 Å². The minimum Gasteiger partial charge on any atom is -0.462 e. The van der Waals surface area contributed by atoms with Crippen molar-refractivity contribution in [1.82, 2.24) is 9.97 Å². The number of nitrogens with zero attached hydrogens (tertiary/aromatic N) is 4. The smallest absolute Gasteiger partial charge is 0.354 e. The number of carbonyl (C=O) groups excluding carboxylic acids is 1. The Morgan fingerprint density at radius 3 is 2.57 bits per heavy atom. The molecule has 0 aliphatic rings. The predicted octanol–water partition coefficient (Wildman–Crippen LogP) is 4.46. The second-order valence-corrected chi connectivity index (χ2v) is 6.16. The van der Waals surface area contributed by atoms with Crippen LogP contribution in [0.5, 0.6) is 0 Å². The van der Waals surface area contributed by atoms with E-state index < -0.39 is 10.9 Å². The molecule has 0 aliphatic carbocycles. The van der Waals surface area contributed by atoms with Crippen LogP contribution in [0.4, 0.5) is 28.7 Å². The van der Waals surface area contributed by atoms with Gasteiger partial charge in [-0.05, 0) is 44.2 Å². The number of carbonyl (C=O) groups is 1. The van der Waals surface area contributed by atoms with Crippen molar-refractivity contribution in [2.75, 3.05) is 23.4 Å². The molecule has 0 fully saturated rings. The Morgan fingerprint density at radius 2 is 1.90 bits per heavy atom. The quantitative estimate of drug-likeness (QED) is 0.331. The van der Waals surface area contributed by atoms with Crippen LogP contribution in [0, 0.1) is 10.1 Å². The molecule has 3 rings (SSSR count). The summed E-state index contributed by atoms with van der Waals surface area (Å²) >= 11 is 0. The van der Waals surface area contributed by atoms with E-state index in [0.717, 1.165) is 5.69 Å². The van der Waals surface area contributed by atoms with Crippen molar-refractivity contribution in [3.05, 3.63) is 76.6 Å². The summed E-state index contributed by atoms with van der Waals surface area (Å²) in [6.45, 7) is 4.33. The van der Waals surface area contributed by atoms with Crippen LogP contribution in [0.1, 0.15) is 24.2 Å². The molecule has 1 N–H and O–H groups in total. The van der Waals surface area contributed by atoms with Crippen LogP contribution in [0.3, 0.4) is 0 Å². The molecule has 1 heterocycles. The molecule has 0 spiro atoms. The number of esters is 1. The lowest BCUT2D eigenvalue weighted by atomic mass is 10.2. The number of benzene rings is 2. The Bertz CT molecular complexity index is 1040. The first-order valence-electron chi connectivity index (χ1n) is 9.41. The Hall–Kier alpha value is -4.01. The third kappa shape index (κ3) is 4.52. The van der Waals surface area contributed by atoms with Crippen LogP contribution in [-0.4, -0.2) is 34.0 Å². The summed E-state index contributed by atoms with van der Waals surface area (Å²) in [6.07, 6.45) is 1.27. The summed E-state index contributed by atoms with van der Waals surface area (Å²) in [4.78, 5) is 33.4. The van der Waals surface area contributed by atoms with Gasteiger partial charge >= 0.3 is 11.7 Å². The lowest BCUT2D eigenvalue weighted by Gasteiger charge is -2.22. The van der Waals surface area contributed by atoms with E-state index in [4.69, 9.17) is 4.74 Å². The molecule has 0 bridgehead atoms. The first kappa shape index (κ1) is 20.7. The fourth-order valence-electron chi connectivity index (χ4n) is 2.96. The lowest BCUT2D eigenvalue weighted by molar-refractivity contribution is -0.383. The highest BCUT2D eigenvalue weighted by molar-refractivity contribution is 5.91.